The average Bonchev–Trinajstić information content (AvgIpc) is 3.31. The first-order chi connectivity index (χ1) is 15.0. The lowest BCUT2D eigenvalue weighted by Gasteiger charge is -2.08. The molecule has 0 aliphatic rings. The van der Waals surface area contributed by atoms with Crippen molar-refractivity contribution in [2.45, 2.75) is 33.8 Å². The van der Waals surface area contributed by atoms with E-state index in [2.05, 4.69) is 20.6 Å². The van der Waals surface area contributed by atoms with Crippen LogP contribution in [0.1, 0.15) is 28.7 Å². The maximum absolute atomic E-state index is 12.6. The highest BCUT2D eigenvalue weighted by molar-refractivity contribution is 5.92. The summed E-state index contributed by atoms with van der Waals surface area (Å²) < 4.78 is 12.5. The number of para-hydroxylation sites is 1. The Labute approximate surface area is 179 Å². The van der Waals surface area contributed by atoms with Crippen LogP contribution in [0.2, 0.25) is 0 Å². The molecule has 0 aliphatic carbocycles. The fourth-order valence-corrected chi connectivity index (χ4v) is 3.30. The summed E-state index contributed by atoms with van der Waals surface area (Å²) in [6.07, 6.45) is 0.249. The van der Waals surface area contributed by atoms with Gasteiger partial charge in [0.05, 0.1) is 17.8 Å². The van der Waals surface area contributed by atoms with Gasteiger partial charge in [-0.1, -0.05) is 23.4 Å². The van der Waals surface area contributed by atoms with Gasteiger partial charge in [-0.05, 0) is 57.2 Å². The van der Waals surface area contributed by atoms with E-state index < -0.39 is 0 Å². The summed E-state index contributed by atoms with van der Waals surface area (Å²) in [6, 6.07) is 17.0. The SMILES string of the molecule is Cc1noc(COc2ccc(NC(=O)Cc3c(C)nn(-c4ccccc4)c3C)cc2)n1. The minimum Gasteiger partial charge on any atom is -0.484 e. The highest BCUT2D eigenvalue weighted by atomic mass is 16.5. The van der Waals surface area contributed by atoms with E-state index in [1.165, 1.54) is 0 Å². The van der Waals surface area contributed by atoms with Gasteiger partial charge in [0.2, 0.25) is 5.91 Å². The highest BCUT2D eigenvalue weighted by Gasteiger charge is 2.16. The first-order valence-corrected chi connectivity index (χ1v) is 9.92. The Morgan fingerprint density at radius 1 is 1.06 bits per heavy atom. The fourth-order valence-electron chi connectivity index (χ4n) is 3.30. The van der Waals surface area contributed by atoms with E-state index in [1.54, 1.807) is 31.2 Å². The minimum absolute atomic E-state index is 0.103. The molecule has 0 unspecified atom stereocenters. The zero-order valence-corrected chi connectivity index (χ0v) is 17.6. The van der Waals surface area contributed by atoms with E-state index in [-0.39, 0.29) is 18.9 Å². The van der Waals surface area contributed by atoms with Crippen molar-refractivity contribution in [3.63, 3.8) is 0 Å². The lowest BCUT2D eigenvalue weighted by atomic mass is 10.1. The van der Waals surface area contributed by atoms with Crippen LogP contribution in [0.5, 0.6) is 5.75 Å². The molecule has 4 rings (SSSR count). The van der Waals surface area contributed by atoms with E-state index in [9.17, 15) is 4.79 Å². The minimum atomic E-state index is -0.103. The quantitative estimate of drug-likeness (QED) is 0.489. The van der Waals surface area contributed by atoms with Gasteiger partial charge >= 0.3 is 0 Å². The van der Waals surface area contributed by atoms with Gasteiger partial charge in [0.15, 0.2) is 12.4 Å². The zero-order chi connectivity index (χ0) is 21.8. The second-order valence-electron chi connectivity index (χ2n) is 7.17. The topological polar surface area (TPSA) is 95.1 Å². The van der Waals surface area contributed by atoms with Gasteiger partial charge in [0.1, 0.15) is 5.75 Å². The number of amides is 1. The molecule has 0 spiro atoms. The number of ether oxygens (including phenoxy) is 1. The Bertz CT molecular complexity index is 1180. The molecule has 0 saturated carbocycles. The smallest absolute Gasteiger partial charge is 0.264 e. The van der Waals surface area contributed by atoms with Gasteiger partial charge < -0.3 is 14.6 Å². The number of nitrogens with one attached hydrogen (secondary N) is 1. The number of nitrogens with zero attached hydrogens (tertiary/aromatic N) is 4. The van der Waals surface area contributed by atoms with E-state index in [1.807, 2.05) is 48.9 Å². The van der Waals surface area contributed by atoms with E-state index in [4.69, 9.17) is 9.26 Å². The number of anilines is 1. The summed E-state index contributed by atoms with van der Waals surface area (Å²) in [6.45, 7) is 5.84. The molecular weight excluding hydrogens is 394 g/mol. The summed E-state index contributed by atoms with van der Waals surface area (Å²) in [7, 11) is 0. The van der Waals surface area contributed by atoms with Crippen LogP contribution in [0.3, 0.4) is 0 Å². The zero-order valence-electron chi connectivity index (χ0n) is 17.6. The van der Waals surface area contributed by atoms with Gasteiger partial charge in [-0.2, -0.15) is 10.1 Å². The number of aryl methyl sites for hydroxylation is 2. The monoisotopic (exact) mass is 417 g/mol. The van der Waals surface area contributed by atoms with Gasteiger partial charge in [-0.15, -0.1) is 0 Å². The Morgan fingerprint density at radius 3 is 2.48 bits per heavy atom. The maximum atomic E-state index is 12.6. The number of benzene rings is 2. The molecular formula is C23H23N5O3. The molecule has 1 amide bonds. The molecule has 0 aliphatic heterocycles. The number of hydrogen-bond donors (Lipinski definition) is 1. The van der Waals surface area contributed by atoms with E-state index in [0.717, 1.165) is 22.6 Å². The van der Waals surface area contributed by atoms with Gasteiger partial charge in [0.25, 0.3) is 5.89 Å². The normalized spacial score (nSPS) is 10.8. The largest absolute Gasteiger partial charge is 0.484 e. The molecule has 0 bridgehead atoms. The third-order valence-corrected chi connectivity index (χ3v) is 4.85. The van der Waals surface area contributed by atoms with Crippen LogP contribution in [0.4, 0.5) is 5.69 Å². The second kappa shape index (κ2) is 8.83. The first-order valence-electron chi connectivity index (χ1n) is 9.92. The molecule has 8 nitrogen and oxygen atoms in total. The fraction of sp³-hybridized carbons (Fsp3) is 0.217. The summed E-state index contributed by atoms with van der Waals surface area (Å²) in [5.41, 5.74) is 4.39. The molecule has 0 atom stereocenters. The number of carbonyl (C=O) groups is 1. The van der Waals surface area contributed by atoms with E-state index in [0.29, 0.717) is 23.2 Å². The number of aromatic nitrogens is 4. The van der Waals surface area contributed by atoms with Crippen molar-refractivity contribution in [3.8, 4) is 11.4 Å². The van der Waals surface area contributed by atoms with Crippen molar-refractivity contribution in [1.29, 1.82) is 0 Å². The van der Waals surface area contributed by atoms with Crippen molar-refractivity contribution in [1.82, 2.24) is 19.9 Å². The van der Waals surface area contributed by atoms with Crippen molar-refractivity contribution < 1.29 is 14.1 Å². The van der Waals surface area contributed by atoms with Crippen molar-refractivity contribution in [2.75, 3.05) is 5.32 Å². The van der Waals surface area contributed by atoms with Crippen LogP contribution >= 0.6 is 0 Å². The standard InChI is InChI=1S/C23H23N5O3/c1-15-21(16(2)28(26-15)19-7-5-4-6-8-19)13-22(29)25-18-9-11-20(12-10-18)30-14-23-24-17(3)27-31-23/h4-12H,13-14H2,1-3H3,(H,25,29). The lowest BCUT2D eigenvalue weighted by Crippen LogP contribution is -2.15. The van der Waals surface area contributed by atoms with Crippen LogP contribution in [-0.2, 0) is 17.8 Å². The Kier molecular flexibility index (Phi) is 5.79. The lowest BCUT2D eigenvalue weighted by molar-refractivity contribution is -0.115. The summed E-state index contributed by atoms with van der Waals surface area (Å²) >= 11 is 0. The Morgan fingerprint density at radius 2 is 1.81 bits per heavy atom. The van der Waals surface area contributed by atoms with Crippen LogP contribution < -0.4 is 10.1 Å². The van der Waals surface area contributed by atoms with E-state index >= 15 is 0 Å². The van der Waals surface area contributed by atoms with Gasteiger partial charge in [-0.25, -0.2) is 4.68 Å². The van der Waals surface area contributed by atoms with Crippen molar-refractivity contribution in [2.24, 2.45) is 0 Å². The van der Waals surface area contributed by atoms with Crippen LogP contribution in [-0.4, -0.2) is 25.8 Å². The summed E-state index contributed by atoms with van der Waals surface area (Å²) in [5.74, 6) is 1.52. The summed E-state index contributed by atoms with van der Waals surface area (Å²) in [4.78, 5) is 16.7. The van der Waals surface area contributed by atoms with Crippen LogP contribution in [0, 0.1) is 20.8 Å². The highest BCUT2D eigenvalue weighted by Crippen LogP contribution is 2.20. The summed E-state index contributed by atoms with van der Waals surface area (Å²) in [5, 5.41) is 11.2. The Hall–Kier alpha value is -3.94. The number of carbonyl (C=O) groups excluding carboxylic acids is 1. The molecule has 0 radical (unpaired) electrons. The predicted octanol–water partition coefficient (Wildman–Crippen LogP) is 3.94. The molecule has 2 heterocycles. The molecule has 8 heteroatoms. The first kappa shape index (κ1) is 20.3. The number of hydrogen-bond acceptors (Lipinski definition) is 6. The maximum Gasteiger partial charge on any atom is 0.264 e. The molecule has 1 N–H and O–H groups in total. The second-order valence-corrected chi connectivity index (χ2v) is 7.17. The van der Waals surface area contributed by atoms with Gasteiger partial charge in [0, 0.05) is 16.9 Å². The predicted molar refractivity (Wildman–Crippen MR) is 115 cm³/mol. The van der Waals surface area contributed by atoms with Gasteiger partial charge in [-0.3, -0.25) is 4.79 Å². The van der Waals surface area contributed by atoms with Crippen LogP contribution in [0.25, 0.3) is 5.69 Å². The average molecular weight is 417 g/mol. The van der Waals surface area contributed by atoms with Crippen molar-refractivity contribution in [3.05, 3.63) is 83.3 Å². The molecule has 2 aromatic heterocycles. The molecule has 0 fully saturated rings. The van der Waals surface area contributed by atoms with Crippen LogP contribution in [0.15, 0.2) is 59.1 Å². The number of rotatable bonds is 7. The molecule has 31 heavy (non-hydrogen) atoms. The molecule has 4 aromatic rings. The van der Waals surface area contributed by atoms with Crippen molar-refractivity contribution >= 4 is 11.6 Å². The molecule has 158 valence electrons. The third-order valence-electron chi connectivity index (χ3n) is 4.85. The Balaban J connectivity index is 1.37. The third kappa shape index (κ3) is 4.80. The molecule has 0 saturated heterocycles. The molecule has 2 aromatic carbocycles.